The van der Waals surface area contributed by atoms with Gasteiger partial charge < -0.3 is 15.4 Å². The molecule has 0 amide bonds. The van der Waals surface area contributed by atoms with Crippen LogP contribution in [0.4, 0.5) is 22.7 Å². The zero-order chi connectivity index (χ0) is 17.7. The van der Waals surface area contributed by atoms with Gasteiger partial charge in [-0.1, -0.05) is 0 Å². The van der Waals surface area contributed by atoms with Crippen LogP contribution in [0.1, 0.15) is 0 Å². The third-order valence-corrected chi connectivity index (χ3v) is 3.18. The van der Waals surface area contributed by atoms with Crippen molar-refractivity contribution >= 4 is 40.1 Å². The Bertz CT molecular complexity index is 794. The maximum atomic E-state index is 10.8. The van der Waals surface area contributed by atoms with Crippen molar-refractivity contribution < 1.29 is 14.6 Å². The number of benzene rings is 2. The van der Waals surface area contributed by atoms with E-state index in [0.29, 0.717) is 11.4 Å². The van der Waals surface area contributed by atoms with Gasteiger partial charge in [0.05, 0.1) is 28.7 Å². The molecule has 2 aromatic rings. The summed E-state index contributed by atoms with van der Waals surface area (Å²) in [4.78, 5) is 20.3. The molecule has 0 aliphatic carbocycles. The van der Waals surface area contributed by atoms with Gasteiger partial charge in [0.15, 0.2) is 5.11 Å². The lowest BCUT2D eigenvalue weighted by atomic mass is 10.2. The van der Waals surface area contributed by atoms with Crippen LogP contribution in [-0.4, -0.2) is 22.1 Å². The predicted molar refractivity (Wildman–Crippen MR) is 92.6 cm³/mol. The number of nitrogens with one attached hydrogen (secondary N) is 2. The van der Waals surface area contributed by atoms with Crippen molar-refractivity contribution in [2.24, 2.45) is 0 Å². The molecule has 2 N–H and O–H groups in total. The molecular weight excluding hydrogens is 336 g/mol. The molecule has 0 saturated heterocycles. The molecule has 0 bridgehead atoms. The summed E-state index contributed by atoms with van der Waals surface area (Å²) < 4.78 is 5.10. The minimum Gasteiger partial charge on any atom is -0.494 e. The lowest BCUT2D eigenvalue weighted by molar-refractivity contribution is -0.385. The molecule has 0 spiro atoms. The Morgan fingerprint density at radius 1 is 1.00 bits per heavy atom. The summed E-state index contributed by atoms with van der Waals surface area (Å²) in [6, 6.07) is 9.78. The standard InChI is InChI=1S/C14H12N4O5S/c1-23-13-8-11(18(21)22)6-7-12(13)16-14(24)15-9-2-4-10(5-3-9)17(19)20/h2-8H,1H3,(H2,15,16,24). The lowest BCUT2D eigenvalue weighted by Gasteiger charge is -2.13. The van der Waals surface area contributed by atoms with Crippen LogP contribution in [0.15, 0.2) is 42.5 Å². The molecule has 24 heavy (non-hydrogen) atoms. The number of thiocarbonyl (C=S) groups is 1. The molecule has 2 rings (SSSR count). The Morgan fingerprint density at radius 2 is 1.58 bits per heavy atom. The van der Waals surface area contributed by atoms with Gasteiger partial charge in [-0.15, -0.1) is 0 Å². The first kappa shape index (κ1) is 17.1. The third-order valence-electron chi connectivity index (χ3n) is 2.98. The minimum atomic E-state index is -0.528. The lowest BCUT2D eigenvalue weighted by Crippen LogP contribution is -2.19. The molecular formula is C14H12N4O5S. The van der Waals surface area contributed by atoms with Crippen LogP contribution in [0.25, 0.3) is 0 Å². The first-order valence-electron chi connectivity index (χ1n) is 6.55. The van der Waals surface area contributed by atoms with Crippen LogP contribution in [0, 0.1) is 20.2 Å². The highest BCUT2D eigenvalue weighted by molar-refractivity contribution is 7.80. The van der Waals surface area contributed by atoms with Gasteiger partial charge in [0.1, 0.15) is 5.75 Å². The SMILES string of the molecule is COc1cc([N+](=O)[O-])ccc1NC(=S)Nc1ccc([N+](=O)[O-])cc1. The normalized spacial score (nSPS) is 9.88. The number of rotatable bonds is 5. The van der Waals surface area contributed by atoms with Crippen molar-refractivity contribution in [3.05, 3.63) is 62.7 Å². The highest BCUT2D eigenvalue weighted by atomic mass is 32.1. The van der Waals surface area contributed by atoms with Crippen LogP contribution < -0.4 is 15.4 Å². The number of methoxy groups -OCH3 is 1. The summed E-state index contributed by atoms with van der Waals surface area (Å²) in [5, 5.41) is 27.3. The Hall–Kier alpha value is -3.27. The summed E-state index contributed by atoms with van der Waals surface area (Å²) >= 11 is 5.15. The van der Waals surface area contributed by atoms with E-state index in [4.69, 9.17) is 17.0 Å². The van der Waals surface area contributed by atoms with E-state index >= 15 is 0 Å². The Labute approximate surface area is 141 Å². The van der Waals surface area contributed by atoms with E-state index in [1.54, 1.807) is 0 Å². The molecule has 2 aromatic carbocycles. The molecule has 10 heteroatoms. The van der Waals surface area contributed by atoms with Crippen molar-refractivity contribution in [2.45, 2.75) is 0 Å². The molecule has 0 atom stereocenters. The number of non-ortho nitro benzene ring substituents is 2. The number of nitrogens with zero attached hydrogens (tertiary/aromatic N) is 2. The van der Waals surface area contributed by atoms with E-state index < -0.39 is 9.85 Å². The van der Waals surface area contributed by atoms with Crippen molar-refractivity contribution in [1.82, 2.24) is 0 Å². The van der Waals surface area contributed by atoms with Gasteiger partial charge in [0, 0.05) is 23.9 Å². The second-order valence-electron chi connectivity index (χ2n) is 4.52. The van der Waals surface area contributed by atoms with Crippen molar-refractivity contribution in [3.63, 3.8) is 0 Å². The van der Waals surface area contributed by atoms with Gasteiger partial charge in [-0.2, -0.15) is 0 Å². The van der Waals surface area contributed by atoms with Crippen molar-refractivity contribution in [3.8, 4) is 5.75 Å². The average molecular weight is 348 g/mol. The van der Waals surface area contributed by atoms with Crippen LogP contribution >= 0.6 is 12.2 Å². The number of nitro groups is 2. The molecule has 0 unspecified atom stereocenters. The number of hydrogen-bond donors (Lipinski definition) is 2. The van der Waals surface area contributed by atoms with Gasteiger partial charge >= 0.3 is 0 Å². The Kier molecular flexibility index (Phi) is 5.22. The first-order chi connectivity index (χ1) is 11.4. The number of hydrogen-bond acceptors (Lipinski definition) is 6. The van der Waals surface area contributed by atoms with Crippen LogP contribution in [-0.2, 0) is 0 Å². The maximum absolute atomic E-state index is 10.8. The van der Waals surface area contributed by atoms with E-state index in [9.17, 15) is 20.2 Å². The van der Waals surface area contributed by atoms with Gasteiger partial charge in [0.2, 0.25) is 0 Å². The van der Waals surface area contributed by atoms with E-state index in [0.717, 1.165) is 0 Å². The fourth-order valence-corrected chi connectivity index (χ4v) is 2.08. The molecule has 0 radical (unpaired) electrons. The molecule has 0 heterocycles. The topological polar surface area (TPSA) is 120 Å². The highest BCUT2D eigenvalue weighted by Gasteiger charge is 2.12. The summed E-state index contributed by atoms with van der Waals surface area (Å²) in [6.07, 6.45) is 0. The summed E-state index contributed by atoms with van der Waals surface area (Å²) in [5.74, 6) is 0.261. The van der Waals surface area contributed by atoms with E-state index in [1.165, 1.54) is 49.6 Å². The number of nitro benzene ring substituents is 2. The molecule has 0 saturated carbocycles. The minimum absolute atomic E-state index is 0.0311. The first-order valence-corrected chi connectivity index (χ1v) is 6.96. The van der Waals surface area contributed by atoms with Crippen LogP contribution in [0.2, 0.25) is 0 Å². The summed E-state index contributed by atoms with van der Waals surface area (Å²) in [5.41, 5.74) is 0.865. The monoisotopic (exact) mass is 348 g/mol. The van der Waals surface area contributed by atoms with Crippen molar-refractivity contribution in [2.75, 3.05) is 17.7 Å². The third kappa shape index (κ3) is 4.14. The largest absolute Gasteiger partial charge is 0.494 e. The smallest absolute Gasteiger partial charge is 0.273 e. The number of anilines is 2. The quantitative estimate of drug-likeness (QED) is 0.480. The fraction of sp³-hybridized carbons (Fsp3) is 0.0714. The molecule has 0 aromatic heterocycles. The number of ether oxygens (including phenoxy) is 1. The highest BCUT2D eigenvalue weighted by Crippen LogP contribution is 2.29. The zero-order valence-electron chi connectivity index (χ0n) is 12.4. The second-order valence-corrected chi connectivity index (χ2v) is 4.93. The predicted octanol–water partition coefficient (Wildman–Crippen LogP) is 3.32. The van der Waals surface area contributed by atoms with E-state index in [1.807, 2.05) is 0 Å². The molecule has 0 fully saturated rings. The summed E-state index contributed by atoms with van der Waals surface area (Å²) in [7, 11) is 1.39. The molecule has 0 aliphatic rings. The molecule has 0 aliphatic heterocycles. The van der Waals surface area contributed by atoms with Gasteiger partial charge in [0.25, 0.3) is 11.4 Å². The average Bonchev–Trinajstić information content (AvgIpc) is 2.55. The maximum Gasteiger partial charge on any atom is 0.273 e. The van der Waals surface area contributed by atoms with E-state index in [2.05, 4.69) is 10.6 Å². The second kappa shape index (κ2) is 7.33. The molecule has 124 valence electrons. The zero-order valence-corrected chi connectivity index (χ0v) is 13.2. The fourth-order valence-electron chi connectivity index (χ4n) is 1.85. The van der Waals surface area contributed by atoms with Crippen LogP contribution in [0.5, 0.6) is 5.75 Å². The summed E-state index contributed by atoms with van der Waals surface area (Å²) in [6.45, 7) is 0. The molecule has 9 nitrogen and oxygen atoms in total. The van der Waals surface area contributed by atoms with Crippen molar-refractivity contribution in [1.29, 1.82) is 0 Å². The Morgan fingerprint density at radius 3 is 2.12 bits per heavy atom. The van der Waals surface area contributed by atoms with Crippen LogP contribution in [0.3, 0.4) is 0 Å². The van der Waals surface area contributed by atoms with Gasteiger partial charge in [-0.25, -0.2) is 0 Å². The van der Waals surface area contributed by atoms with Gasteiger partial charge in [-0.05, 0) is 30.4 Å². The van der Waals surface area contributed by atoms with Gasteiger partial charge in [-0.3, -0.25) is 20.2 Å². The Balaban J connectivity index is 2.09. The van der Waals surface area contributed by atoms with E-state index in [-0.39, 0.29) is 22.2 Å².